The van der Waals surface area contributed by atoms with Crippen LogP contribution >= 0.6 is 11.8 Å². The van der Waals surface area contributed by atoms with Crippen LogP contribution < -0.4 is 0 Å². The average molecular weight is 317 g/mol. The SMILES string of the molecule is Fc1ccccc1-c1nnc(SCc2cnon2)n1C1CC1. The molecule has 0 aliphatic heterocycles. The summed E-state index contributed by atoms with van der Waals surface area (Å²) in [5.74, 6) is 0.890. The largest absolute Gasteiger partial charge is 0.299 e. The molecule has 0 saturated heterocycles. The van der Waals surface area contributed by atoms with Crippen LogP contribution in [-0.2, 0) is 5.75 Å². The third kappa shape index (κ3) is 2.50. The number of rotatable bonds is 5. The van der Waals surface area contributed by atoms with E-state index in [9.17, 15) is 4.39 Å². The molecule has 2 heterocycles. The lowest BCUT2D eigenvalue weighted by molar-refractivity contribution is 0.304. The van der Waals surface area contributed by atoms with Crippen molar-refractivity contribution in [3.63, 3.8) is 0 Å². The first-order valence-corrected chi connectivity index (χ1v) is 7.90. The van der Waals surface area contributed by atoms with Gasteiger partial charge in [-0.2, -0.15) is 0 Å². The second-order valence-corrected chi connectivity index (χ2v) is 6.02. The zero-order valence-corrected chi connectivity index (χ0v) is 12.3. The highest BCUT2D eigenvalue weighted by Crippen LogP contribution is 2.41. The third-order valence-electron chi connectivity index (χ3n) is 3.45. The van der Waals surface area contributed by atoms with Crippen molar-refractivity contribution in [2.45, 2.75) is 29.8 Å². The van der Waals surface area contributed by atoms with Gasteiger partial charge in [-0.25, -0.2) is 9.02 Å². The van der Waals surface area contributed by atoms with Crippen LogP contribution in [0.2, 0.25) is 0 Å². The third-order valence-corrected chi connectivity index (χ3v) is 4.42. The van der Waals surface area contributed by atoms with Gasteiger partial charge >= 0.3 is 0 Å². The molecule has 6 nitrogen and oxygen atoms in total. The summed E-state index contributed by atoms with van der Waals surface area (Å²) in [4.78, 5) is 0. The lowest BCUT2D eigenvalue weighted by Crippen LogP contribution is -2.01. The molecule has 4 rings (SSSR count). The molecule has 1 aromatic carbocycles. The zero-order valence-electron chi connectivity index (χ0n) is 11.5. The zero-order chi connectivity index (χ0) is 14.9. The fraction of sp³-hybridized carbons (Fsp3) is 0.286. The Morgan fingerprint density at radius 3 is 2.86 bits per heavy atom. The Balaban J connectivity index is 1.67. The van der Waals surface area contributed by atoms with E-state index < -0.39 is 0 Å². The number of hydrogen-bond acceptors (Lipinski definition) is 6. The molecular formula is C14H12FN5OS. The summed E-state index contributed by atoms with van der Waals surface area (Å²) in [6.45, 7) is 0. The van der Waals surface area contributed by atoms with Crippen molar-refractivity contribution in [1.82, 2.24) is 25.1 Å². The Morgan fingerprint density at radius 2 is 2.14 bits per heavy atom. The van der Waals surface area contributed by atoms with E-state index in [0.29, 0.717) is 23.2 Å². The minimum Gasteiger partial charge on any atom is -0.299 e. The molecule has 0 N–H and O–H groups in total. The van der Waals surface area contributed by atoms with Gasteiger partial charge in [-0.15, -0.1) is 10.2 Å². The molecule has 0 bridgehead atoms. The molecule has 22 heavy (non-hydrogen) atoms. The second-order valence-electron chi connectivity index (χ2n) is 5.07. The summed E-state index contributed by atoms with van der Waals surface area (Å²) in [7, 11) is 0. The molecule has 0 unspecified atom stereocenters. The van der Waals surface area contributed by atoms with Crippen molar-refractivity contribution in [3.8, 4) is 11.4 Å². The number of benzene rings is 1. The Morgan fingerprint density at radius 1 is 1.27 bits per heavy atom. The number of hydrogen-bond donors (Lipinski definition) is 0. The van der Waals surface area contributed by atoms with E-state index in [1.807, 2.05) is 4.57 Å². The van der Waals surface area contributed by atoms with Crippen LogP contribution in [0.5, 0.6) is 0 Å². The fourth-order valence-corrected chi connectivity index (χ4v) is 3.13. The van der Waals surface area contributed by atoms with Crippen LogP contribution in [0.15, 0.2) is 40.2 Å². The number of thioether (sulfide) groups is 1. The summed E-state index contributed by atoms with van der Waals surface area (Å²) in [5.41, 5.74) is 1.22. The lowest BCUT2D eigenvalue weighted by Gasteiger charge is -2.08. The van der Waals surface area contributed by atoms with Crippen molar-refractivity contribution < 1.29 is 9.02 Å². The van der Waals surface area contributed by atoms with Crippen molar-refractivity contribution in [1.29, 1.82) is 0 Å². The highest BCUT2D eigenvalue weighted by molar-refractivity contribution is 7.98. The van der Waals surface area contributed by atoms with Gasteiger partial charge in [-0.3, -0.25) is 4.57 Å². The van der Waals surface area contributed by atoms with Crippen LogP contribution in [0, 0.1) is 5.82 Å². The molecule has 1 aliphatic rings. The molecule has 1 aliphatic carbocycles. The maximum absolute atomic E-state index is 14.0. The summed E-state index contributed by atoms with van der Waals surface area (Å²) < 4.78 is 20.6. The standard InChI is InChI=1S/C14H12FN5OS/c15-12-4-2-1-3-11(12)13-17-18-14(20(13)10-5-6-10)22-8-9-7-16-21-19-9/h1-4,7,10H,5-6,8H2. The monoisotopic (exact) mass is 317 g/mol. The first kappa shape index (κ1) is 13.4. The Labute approximate surface area is 129 Å². The minimum atomic E-state index is -0.283. The van der Waals surface area contributed by atoms with E-state index in [2.05, 4.69) is 25.1 Å². The predicted molar refractivity (Wildman–Crippen MR) is 77.5 cm³/mol. The van der Waals surface area contributed by atoms with Gasteiger partial charge in [0.2, 0.25) is 0 Å². The van der Waals surface area contributed by atoms with Gasteiger partial charge in [-0.1, -0.05) is 34.2 Å². The smallest absolute Gasteiger partial charge is 0.192 e. The van der Waals surface area contributed by atoms with Crippen molar-refractivity contribution in [2.75, 3.05) is 0 Å². The molecule has 0 radical (unpaired) electrons. The Hall–Kier alpha value is -2.22. The van der Waals surface area contributed by atoms with E-state index >= 15 is 0 Å². The maximum atomic E-state index is 14.0. The normalized spacial score (nSPS) is 14.4. The number of aromatic nitrogens is 5. The number of nitrogens with zero attached hydrogens (tertiary/aromatic N) is 5. The van der Waals surface area contributed by atoms with E-state index in [0.717, 1.165) is 23.7 Å². The maximum Gasteiger partial charge on any atom is 0.192 e. The quantitative estimate of drug-likeness (QED) is 0.674. The van der Waals surface area contributed by atoms with Crippen LogP contribution in [0.3, 0.4) is 0 Å². The summed E-state index contributed by atoms with van der Waals surface area (Å²) in [5, 5.41) is 16.5. The van der Waals surface area contributed by atoms with E-state index in [1.54, 1.807) is 24.4 Å². The molecule has 112 valence electrons. The van der Waals surface area contributed by atoms with Crippen LogP contribution in [0.25, 0.3) is 11.4 Å². The molecule has 1 fully saturated rings. The summed E-state index contributed by atoms with van der Waals surface area (Å²) in [6.07, 6.45) is 3.71. The molecule has 8 heteroatoms. The van der Waals surface area contributed by atoms with Gasteiger partial charge in [0.05, 0.1) is 11.8 Å². The van der Waals surface area contributed by atoms with E-state index in [4.69, 9.17) is 0 Å². The van der Waals surface area contributed by atoms with Gasteiger partial charge in [-0.05, 0) is 25.0 Å². The fourth-order valence-electron chi connectivity index (χ4n) is 2.25. The minimum absolute atomic E-state index is 0.283. The highest BCUT2D eigenvalue weighted by atomic mass is 32.2. The second kappa shape index (κ2) is 5.53. The van der Waals surface area contributed by atoms with Crippen LogP contribution in [0.4, 0.5) is 4.39 Å². The number of halogens is 1. The highest BCUT2D eigenvalue weighted by Gasteiger charge is 2.30. The molecule has 3 aromatic rings. The Bertz CT molecular complexity index is 784. The summed E-state index contributed by atoms with van der Waals surface area (Å²) >= 11 is 1.50. The molecule has 0 atom stereocenters. The Kier molecular flexibility index (Phi) is 3.38. The average Bonchev–Trinajstić information content (AvgIpc) is 3.08. The predicted octanol–water partition coefficient (Wildman–Crippen LogP) is 3.09. The first-order chi connectivity index (χ1) is 10.8. The van der Waals surface area contributed by atoms with Crippen molar-refractivity contribution >= 4 is 11.8 Å². The van der Waals surface area contributed by atoms with Crippen LogP contribution in [0.1, 0.15) is 24.6 Å². The van der Waals surface area contributed by atoms with Gasteiger partial charge in [0.25, 0.3) is 0 Å². The van der Waals surface area contributed by atoms with E-state index in [-0.39, 0.29) is 5.82 Å². The first-order valence-electron chi connectivity index (χ1n) is 6.92. The van der Waals surface area contributed by atoms with Gasteiger partial charge < -0.3 is 0 Å². The van der Waals surface area contributed by atoms with Crippen molar-refractivity contribution in [2.24, 2.45) is 0 Å². The van der Waals surface area contributed by atoms with Crippen LogP contribution in [-0.4, -0.2) is 25.1 Å². The van der Waals surface area contributed by atoms with E-state index in [1.165, 1.54) is 17.8 Å². The molecule has 0 spiro atoms. The van der Waals surface area contributed by atoms with Gasteiger partial charge in [0, 0.05) is 11.8 Å². The lowest BCUT2D eigenvalue weighted by atomic mass is 10.2. The summed E-state index contributed by atoms with van der Waals surface area (Å²) in [6, 6.07) is 6.99. The van der Waals surface area contributed by atoms with Gasteiger partial charge in [0.1, 0.15) is 11.5 Å². The molecular weight excluding hydrogens is 305 g/mol. The van der Waals surface area contributed by atoms with Crippen molar-refractivity contribution in [3.05, 3.63) is 42.0 Å². The molecule has 1 saturated carbocycles. The molecule has 0 amide bonds. The topological polar surface area (TPSA) is 69.6 Å². The molecule has 2 aromatic heterocycles. The van der Waals surface area contributed by atoms with Gasteiger partial charge in [0.15, 0.2) is 11.0 Å².